The second kappa shape index (κ2) is 6.05. The molecule has 0 aliphatic rings. The van der Waals surface area contributed by atoms with Crippen LogP contribution in [0.15, 0.2) is 42.7 Å². The van der Waals surface area contributed by atoms with Gasteiger partial charge in [-0.05, 0) is 48.9 Å². The van der Waals surface area contributed by atoms with E-state index in [1.54, 1.807) is 0 Å². The summed E-state index contributed by atoms with van der Waals surface area (Å²) in [5.74, 6) is 0. The molecule has 2 aromatic rings. The molecule has 0 fully saturated rings. The van der Waals surface area contributed by atoms with E-state index >= 15 is 0 Å². The van der Waals surface area contributed by atoms with Crippen LogP contribution in [0.5, 0.6) is 0 Å². The van der Waals surface area contributed by atoms with Gasteiger partial charge in [-0.2, -0.15) is 5.10 Å². The van der Waals surface area contributed by atoms with Crippen molar-refractivity contribution in [1.29, 1.82) is 0 Å². The summed E-state index contributed by atoms with van der Waals surface area (Å²) in [6.45, 7) is 7.41. The normalized spacial score (nSPS) is 13.5. The molecular weight excluding hydrogens is 349 g/mol. The number of halogens is 1. The first-order valence-electron chi connectivity index (χ1n) is 6.45. The fourth-order valence-corrected chi connectivity index (χ4v) is 2.34. The van der Waals surface area contributed by atoms with Crippen molar-refractivity contribution in [3.8, 4) is 0 Å². The maximum Gasteiger partial charge on any atom is 0.0893 e. The highest BCUT2D eigenvalue weighted by molar-refractivity contribution is 14.1. The molecule has 0 bridgehead atoms. The maximum absolute atomic E-state index is 4.46. The molecule has 4 heteroatoms. The van der Waals surface area contributed by atoms with Crippen LogP contribution < -0.4 is 5.32 Å². The van der Waals surface area contributed by atoms with Crippen molar-refractivity contribution in [2.75, 3.05) is 6.54 Å². The molecule has 1 atom stereocenters. The van der Waals surface area contributed by atoms with Crippen LogP contribution in [0.25, 0.3) is 0 Å². The number of aromatic nitrogens is 2. The van der Waals surface area contributed by atoms with E-state index in [9.17, 15) is 0 Å². The summed E-state index contributed by atoms with van der Waals surface area (Å²) in [6.07, 6.45) is 3.98. The standard InChI is InChI=1S/C15H20IN3/c1-15(2,3)17-10-14(12-7-5-4-6-8-12)19-11-13(16)9-18-19/h4-9,11,14,17H,10H2,1-3H3. The van der Waals surface area contributed by atoms with E-state index in [1.807, 2.05) is 16.9 Å². The number of rotatable bonds is 4. The molecule has 102 valence electrons. The van der Waals surface area contributed by atoms with Gasteiger partial charge in [0.2, 0.25) is 0 Å². The third-order valence-electron chi connectivity index (χ3n) is 2.90. The van der Waals surface area contributed by atoms with Crippen LogP contribution in [0.3, 0.4) is 0 Å². The number of nitrogens with one attached hydrogen (secondary N) is 1. The van der Waals surface area contributed by atoms with Crippen LogP contribution in [0, 0.1) is 3.57 Å². The van der Waals surface area contributed by atoms with Gasteiger partial charge in [0.05, 0.1) is 15.8 Å². The summed E-state index contributed by atoms with van der Waals surface area (Å²) in [6, 6.07) is 10.7. The molecule has 0 saturated carbocycles. The van der Waals surface area contributed by atoms with Gasteiger partial charge in [0.15, 0.2) is 0 Å². The number of hydrogen-bond acceptors (Lipinski definition) is 2. The van der Waals surface area contributed by atoms with E-state index in [-0.39, 0.29) is 11.6 Å². The average molecular weight is 369 g/mol. The summed E-state index contributed by atoms with van der Waals surface area (Å²) < 4.78 is 3.20. The van der Waals surface area contributed by atoms with Gasteiger partial charge in [-0.3, -0.25) is 4.68 Å². The second-order valence-corrected chi connectivity index (χ2v) is 6.94. The lowest BCUT2D eigenvalue weighted by Gasteiger charge is -2.26. The van der Waals surface area contributed by atoms with E-state index in [1.165, 1.54) is 5.56 Å². The Bertz CT molecular complexity index is 514. The molecule has 19 heavy (non-hydrogen) atoms. The molecule has 3 nitrogen and oxygen atoms in total. The highest BCUT2D eigenvalue weighted by Gasteiger charge is 2.18. The Kier molecular flexibility index (Phi) is 4.62. The third kappa shape index (κ3) is 4.31. The van der Waals surface area contributed by atoms with Crippen LogP contribution in [0.1, 0.15) is 32.4 Å². The zero-order valence-electron chi connectivity index (χ0n) is 11.6. The third-order valence-corrected chi connectivity index (χ3v) is 3.46. The highest BCUT2D eigenvalue weighted by Crippen LogP contribution is 2.19. The molecule has 0 spiro atoms. The first-order valence-corrected chi connectivity index (χ1v) is 7.53. The van der Waals surface area contributed by atoms with Gasteiger partial charge in [-0.1, -0.05) is 30.3 Å². The Hall–Kier alpha value is -0.880. The van der Waals surface area contributed by atoms with Gasteiger partial charge in [0.25, 0.3) is 0 Å². The SMILES string of the molecule is CC(C)(C)NCC(c1ccccc1)n1cc(I)cn1. The predicted molar refractivity (Wildman–Crippen MR) is 87.3 cm³/mol. The molecule has 0 amide bonds. The first kappa shape index (κ1) is 14.5. The van der Waals surface area contributed by atoms with E-state index in [0.29, 0.717) is 0 Å². The summed E-state index contributed by atoms with van der Waals surface area (Å²) in [4.78, 5) is 0. The Morgan fingerprint density at radius 1 is 1.26 bits per heavy atom. The fourth-order valence-electron chi connectivity index (χ4n) is 1.93. The minimum atomic E-state index is 0.105. The summed E-state index contributed by atoms with van der Waals surface area (Å²) in [5.41, 5.74) is 1.38. The zero-order chi connectivity index (χ0) is 13.9. The smallest absolute Gasteiger partial charge is 0.0893 e. The minimum absolute atomic E-state index is 0.105. The van der Waals surface area contributed by atoms with Gasteiger partial charge in [0.1, 0.15) is 0 Å². The molecule has 0 saturated heterocycles. The lowest BCUT2D eigenvalue weighted by atomic mass is 10.0. The van der Waals surface area contributed by atoms with E-state index in [4.69, 9.17) is 0 Å². The van der Waals surface area contributed by atoms with Crippen LogP contribution in [-0.4, -0.2) is 21.9 Å². The topological polar surface area (TPSA) is 29.9 Å². The fraction of sp³-hybridized carbons (Fsp3) is 0.400. The predicted octanol–water partition coefficient (Wildman–Crippen LogP) is 3.47. The second-order valence-electron chi connectivity index (χ2n) is 5.70. The molecule has 1 unspecified atom stereocenters. The Balaban J connectivity index is 2.24. The lowest BCUT2D eigenvalue weighted by Crippen LogP contribution is -2.40. The molecule has 0 radical (unpaired) electrons. The zero-order valence-corrected chi connectivity index (χ0v) is 13.8. The number of hydrogen-bond donors (Lipinski definition) is 1. The monoisotopic (exact) mass is 369 g/mol. The maximum atomic E-state index is 4.46. The number of benzene rings is 1. The molecule has 0 aliphatic heterocycles. The van der Waals surface area contributed by atoms with Gasteiger partial charge in [0, 0.05) is 18.3 Å². The molecular formula is C15H20IN3. The van der Waals surface area contributed by atoms with Crippen molar-refractivity contribution < 1.29 is 0 Å². The number of nitrogens with zero attached hydrogens (tertiary/aromatic N) is 2. The van der Waals surface area contributed by atoms with Crippen LogP contribution in [0.4, 0.5) is 0 Å². The molecule has 1 N–H and O–H groups in total. The molecule has 1 heterocycles. The van der Waals surface area contributed by atoms with Crippen molar-refractivity contribution in [3.05, 3.63) is 51.9 Å². The molecule has 0 aliphatic carbocycles. The van der Waals surface area contributed by atoms with Crippen molar-refractivity contribution in [3.63, 3.8) is 0 Å². The van der Waals surface area contributed by atoms with Crippen molar-refractivity contribution in [1.82, 2.24) is 15.1 Å². The summed E-state index contributed by atoms with van der Waals surface area (Å²) in [5, 5.41) is 8.03. The molecule has 1 aromatic heterocycles. The lowest BCUT2D eigenvalue weighted by molar-refractivity contribution is 0.378. The van der Waals surface area contributed by atoms with Crippen LogP contribution in [0.2, 0.25) is 0 Å². The van der Waals surface area contributed by atoms with Gasteiger partial charge in [-0.15, -0.1) is 0 Å². The van der Waals surface area contributed by atoms with Crippen LogP contribution >= 0.6 is 22.6 Å². The van der Waals surface area contributed by atoms with Crippen molar-refractivity contribution in [2.24, 2.45) is 0 Å². The van der Waals surface area contributed by atoms with Gasteiger partial charge < -0.3 is 5.32 Å². The first-order chi connectivity index (χ1) is 8.96. The highest BCUT2D eigenvalue weighted by atomic mass is 127. The quantitative estimate of drug-likeness (QED) is 0.837. The Morgan fingerprint density at radius 2 is 1.95 bits per heavy atom. The molecule has 2 rings (SSSR count). The average Bonchev–Trinajstić information content (AvgIpc) is 2.76. The van der Waals surface area contributed by atoms with E-state index < -0.39 is 0 Å². The van der Waals surface area contributed by atoms with E-state index in [2.05, 4.69) is 84.2 Å². The molecule has 1 aromatic carbocycles. The van der Waals surface area contributed by atoms with Crippen molar-refractivity contribution >= 4 is 22.6 Å². The van der Waals surface area contributed by atoms with E-state index in [0.717, 1.165) is 10.1 Å². The van der Waals surface area contributed by atoms with Crippen molar-refractivity contribution in [2.45, 2.75) is 32.4 Å². The Labute approximate surface area is 128 Å². The van der Waals surface area contributed by atoms with Gasteiger partial charge in [-0.25, -0.2) is 0 Å². The summed E-state index contributed by atoms with van der Waals surface area (Å²) >= 11 is 2.29. The Morgan fingerprint density at radius 3 is 2.47 bits per heavy atom. The minimum Gasteiger partial charge on any atom is -0.310 e. The largest absolute Gasteiger partial charge is 0.310 e. The van der Waals surface area contributed by atoms with Crippen LogP contribution in [-0.2, 0) is 0 Å². The van der Waals surface area contributed by atoms with Gasteiger partial charge >= 0.3 is 0 Å². The summed E-state index contributed by atoms with van der Waals surface area (Å²) in [7, 11) is 0.